The summed E-state index contributed by atoms with van der Waals surface area (Å²) in [7, 11) is 3.07. The van der Waals surface area contributed by atoms with Crippen LogP contribution in [0, 0.1) is 0 Å². The lowest BCUT2D eigenvalue weighted by atomic mass is 9.91. The Hall–Kier alpha value is -3.22. The third-order valence-corrected chi connectivity index (χ3v) is 4.48. The zero-order chi connectivity index (χ0) is 20.3. The summed E-state index contributed by atoms with van der Waals surface area (Å²) in [6.45, 7) is 2.86. The quantitative estimate of drug-likeness (QED) is 0.556. The minimum Gasteiger partial charge on any atom is -0.493 e. The minimum atomic E-state index is -0.437. The Labute approximate surface area is 163 Å². The topological polar surface area (TPSA) is 80.3 Å². The molecule has 1 heterocycles. The number of ether oxygens (including phenoxy) is 5. The number of benzene rings is 2. The highest BCUT2D eigenvalue weighted by Gasteiger charge is 2.38. The van der Waals surface area contributed by atoms with Crippen LogP contribution >= 0.6 is 0 Å². The lowest BCUT2D eigenvalue weighted by molar-refractivity contribution is -0.142. The van der Waals surface area contributed by atoms with Gasteiger partial charge in [-0.1, -0.05) is 18.2 Å². The number of fused-ring (bicyclic) bond motifs is 1. The number of esters is 2. The second kappa shape index (κ2) is 8.21. The number of rotatable bonds is 6. The highest BCUT2D eigenvalue weighted by molar-refractivity contribution is 5.70. The van der Waals surface area contributed by atoms with Crippen molar-refractivity contribution in [2.45, 2.75) is 25.9 Å². The molecule has 148 valence electrons. The molecule has 7 nitrogen and oxygen atoms in total. The normalized spacial score (nSPS) is 17.3. The van der Waals surface area contributed by atoms with E-state index in [1.54, 1.807) is 25.3 Å². The standard InChI is InChI=1S/C21H22O7/c1-12(22)26-11-16-15-6-5-7-18(24-3)21(15)28-20(16)14-8-9-17(27-13(2)23)19(10-14)25-4/h5-10,16,20H,11H2,1-4H3/t16-,20-/m0/s1. The van der Waals surface area contributed by atoms with Crippen molar-refractivity contribution in [1.82, 2.24) is 0 Å². The van der Waals surface area contributed by atoms with E-state index in [0.717, 1.165) is 11.1 Å². The first kappa shape index (κ1) is 19.5. The van der Waals surface area contributed by atoms with Gasteiger partial charge in [-0.2, -0.15) is 0 Å². The Morgan fingerprint density at radius 2 is 1.71 bits per heavy atom. The molecule has 0 unspecified atom stereocenters. The van der Waals surface area contributed by atoms with Crippen molar-refractivity contribution < 1.29 is 33.3 Å². The summed E-state index contributed by atoms with van der Waals surface area (Å²) >= 11 is 0. The van der Waals surface area contributed by atoms with E-state index in [1.807, 2.05) is 18.2 Å². The van der Waals surface area contributed by atoms with Crippen molar-refractivity contribution in [3.8, 4) is 23.0 Å². The van der Waals surface area contributed by atoms with Crippen molar-refractivity contribution >= 4 is 11.9 Å². The van der Waals surface area contributed by atoms with Gasteiger partial charge in [-0.05, 0) is 23.8 Å². The molecule has 0 aliphatic carbocycles. The second-order valence-electron chi connectivity index (χ2n) is 6.33. The third kappa shape index (κ3) is 3.88. The number of hydrogen-bond acceptors (Lipinski definition) is 7. The molecule has 2 aromatic carbocycles. The first-order valence-electron chi connectivity index (χ1n) is 8.77. The van der Waals surface area contributed by atoms with E-state index in [9.17, 15) is 9.59 Å². The number of carbonyl (C=O) groups excluding carboxylic acids is 2. The SMILES string of the molecule is COc1cc([C@@H]2Oc3c(OC)cccc3[C@@H]2COC(C)=O)ccc1OC(C)=O. The van der Waals surface area contributed by atoms with Crippen LogP contribution in [0.5, 0.6) is 23.0 Å². The number of methoxy groups -OCH3 is 2. The molecule has 0 fully saturated rings. The molecule has 7 heteroatoms. The van der Waals surface area contributed by atoms with Gasteiger partial charge in [-0.3, -0.25) is 9.59 Å². The lowest BCUT2D eigenvalue weighted by Crippen LogP contribution is -2.17. The van der Waals surface area contributed by atoms with Crippen molar-refractivity contribution in [2.24, 2.45) is 0 Å². The molecule has 28 heavy (non-hydrogen) atoms. The summed E-state index contributed by atoms with van der Waals surface area (Å²) in [4.78, 5) is 22.6. The maximum absolute atomic E-state index is 11.4. The van der Waals surface area contributed by atoms with E-state index in [4.69, 9.17) is 23.7 Å². The molecule has 1 aliphatic rings. The molecule has 0 radical (unpaired) electrons. The van der Waals surface area contributed by atoms with Crippen molar-refractivity contribution in [2.75, 3.05) is 20.8 Å². The smallest absolute Gasteiger partial charge is 0.308 e. The molecule has 3 rings (SSSR count). The molecule has 1 aliphatic heterocycles. The molecule has 0 saturated carbocycles. The predicted molar refractivity (Wildman–Crippen MR) is 100 cm³/mol. The largest absolute Gasteiger partial charge is 0.493 e. The predicted octanol–water partition coefficient (Wildman–Crippen LogP) is 3.41. The summed E-state index contributed by atoms with van der Waals surface area (Å²) in [5.74, 6) is 0.935. The van der Waals surface area contributed by atoms with Gasteiger partial charge in [-0.25, -0.2) is 0 Å². The van der Waals surface area contributed by atoms with Crippen LogP contribution < -0.4 is 18.9 Å². The van der Waals surface area contributed by atoms with Gasteiger partial charge in [0.1, 0.15) is 12.7 Å². The van der Waals surface area contributed by atoms with E-state index < -0.39 is 12.1 Å². The van der Waals surface area contributed by atoms with Gasteiger partial charge in [-0.15, -0.1) is 0 Å². The Balaban J connectivity index is 1.99. The highest BCUT2D eigenvalue weighted by Crippen LogP contribution is 2.51. The van der Waals surface area contributed by atoms with E-state index in [2.05, 4.69) is 0 Å². The summed E-state index contributed by atoms with van der Waals surface area (Å²) < 4.78 is 27.4. The molecule has 0 aromatic heterocycles. The van der Waals surface area contributed by atoms with Crippen LogP contribution in [0.25, 0.3) is 0 Å². The number of carbonyl (C=O) groups is 2. The Kier molecular flexibility index (Phi) is 5.73. The van der Waals surface area contributed by atoms with Gasteiger partial charge >= 0.3 is 11.9 Å². The minimum absolute atomic E-state index is 0.161. The molecular formula is C21H22O7. The molecule has 2 atom stereocenters. The van der Waals surface area contributed by atoms with E-state index >= 15 is 0 Å². The summed E-state index contributed by atoms with van der Waals surface area (Å²) in [6.07, 6.45) is -0.425. The third-order valence-electron chi connectivity index (χ3n) is 4.48. The second-order valence-corrected chi connectivity index (χ2v) is 6.33. The molecule has 0 saturated heterocycles. The van der Waals surface area contributed by atoms with Crippen molar-refractivity contribution in [3.05, 3.63) is 47.5 Å². The lowest BCUT2D eigenvalue weighted by Gasteiger charge is -2.20. The van der Waals surface area contributed by atoms with Crippen molar-refractivity contribution in [3.63, 3.8) is 0 Å². The van der Waals surface area contributed by atoms with Crippen molar-refractivity contribution in [1.29, 1.82) is 0 Å². The van der Waals surface area contributed by atoms with Crippen LogP contribution in [0.2, 0.25) is 0 Å². The Bertz CT molecular complexity index is 890. The average Bonchev–Trinajstić information content (AvgIpc) is 3.04. The van der Waals surface area contributed by atoms with Gasteiger partial charge < -0.3 is 23.7 Å². The Morgan fingerprint density at radius 3 is 2.36 bits per heavy atom. The van der Waals surface area contributed by atoms with E-state index in [0.29, 0.717) is 23.0 Å². The maximum atomic E-state index is 11.4. The summed E-state index contributed by atoms with van der Waals surface area (Å²) in [5, 5.41) is 0. The molecular weight excluding hydrogens is 364 g/mol. The zero-order valence-corrected chi connectivity index (χ0v) is 16.2. The van der Waals surface area contributed by atoms with Crippen LogP contribution in [0.1, 0.15) is 37.0 Å². The van der Waals surface area contributed by atoms with Gasteiger partial charge in [0.05, 0.1) is 20.1 Å². The Morgan fingerprint density at radius 1 is 0.964 bits per heavy atom. The molecule has 0 N–H and O–H groups in total. The van der Waals surface area contributed by atoms with E-state index in [1.165, 1.54) is 21.0 Å². The molecule has 2 aromatic rings. The van der Waals surface area contributed by atoms with Gasteiger partial charge in [0.15, 0.2) is 23.0 Å². The summed E-state index contributed by atoms with van der Waals surface area (Å²) in [5.41, 5.74) is 1.69. The van der Waals surface area contributed by atoms with Crippen LogP contribution in [0.4, 0.5) is 0 Å². The van der Waals surface area contributed by atoms with Gasteiger partial charge in [0.2, 0.25) is 0 Å². The fraction of sp³-hybridized carbons (Fsp3) is 0.333. The summed E-state index contributed by atoms with van der Waals surface area (Å²) in [6, 6.07) is 10.8. The number of para-hydroxylation sites is 1. The van der Waals surface area contributed by atoms with Gasteiger partial charge in [0, 0.05) is 19.4 Å². The van der Waals surface area contributed by atoms with Gasteiger partial charge in [0.25, 0.3) is 0 Å². The van der Waals surface area contributed by atoms with E-state index in [-0.39, 0.29) is 18.5 Å². The first-order chi connectivity index (χ1) is 13.4. The first-order valence-corrected chi connectivity index (χ1v) is 8.77. The van der Waals surface area contributed by atoms with Crippen LogP contribution in [-0.2, 0) is 14.3 Å². The molecule has 0 spiro atoms. The highest BCUT2D eigenvalue weighted by atomic mass is 16.6. The molecule has 0 amide bonds. The average molecular weight is 386 g/mol. The monoisotopic (exact) mass is 386 g/mol. The maximum Gasteiger partial charge on any atom is 0.308 e. The van der Waals surface area contributed by atoms with Crippen LogP contribution in [-0.4, -0.2) is 32.8 Å². The fourth-order valence-corrected chi connectivity index (χ4v) is 3.27. The molecule has 0 bridgehead atoms. The number of hydrogen-bond donors (Lipinski definition) is 0. The fourth-order valence-electron chi connectivity index (χ4n) is 3.27. The van der Waals surface area contributed by atoms with Crippen LogP contribution in [0.15, 0.2) is 36.4 Å². The van der Waals surface area contributed by atoms with Crippen LogP contribution in [0.3, 0.4) is 0 Å². The zero-order valence-electron chi connectivity index (χ0n) is 16.2.